The number of morpholine rings is 1. The second kappa shape index (κ2) is 8.84. The van der Waals surface area contributed by atoms with Crippen LogP contribution in [-0.4, -0.2) is 78.3 Å². The van der Waals surface area contributed by atoms with E-state index in [2.05, 4.69) is 10.3 Å². The fourth-order valence-electron chi connectivity index (χ4n) is 3.28. The molecule has 2 atom stereocenters. The maximum absolute atomic E-state index is 13.0. The number of hydrogen-bond acceptors (Lipinski definition) is 5. The van der Waals surface area contributed by atoms with E-state index in [1.165, 1.54) is 0 Å². The van der Waals surface area contributed by atoms with Crippen molar-refractivity contribution in [3.63, 3.8) is 0 Å². The predicted molar refractivity (Wildman–Crippen MR) is 94.9 cm³/mol. The van der Waals surface area contributed by atoms with E-state index in [-0.39, 0.29) is 18.0 Å². The first kappa shape index (κ1) is 18.4. The van der Waals surface area contributed by atoms with E-state index in [1.807, 2.05) is 13.0 Å². The molecular weight excluding hydrogens is 336 g/mol. The van der Waals surface area contributed by atoms with Crippen LogP contribution in [0.2, 0.25) is 0 Å². The lowest BCUT2D eigenvalue weighted by atomic mass is 10.1. The molecular formula is C18H26N4O4. The molecule has 3 heterocycles. The van der Waals surface area contributed by atoms with Gasteiger partial charge in [0.25, 0.3) is 0 Å². The molecule has 0 spiro atoms. The number of aromatic nitrogens is 1. The lowest BCUT2D eigenvalue weighted by Crippen LogP contribution is -2.53. The summed E-state index contributed by atoms with van der Waals surface area (Å²) in [6.07, 6.45) is 4.40. The van der Waals surface area contributed by atoms with Gasteiger partial charge in [-0.3, -0.25) is 9.78 Å². The summed E-state index contributed by atoms with van der Waals surface area (Å²) < 4.78 is 11.3. The zero-order chi connectivity index (χ0) is 18.4. The first-order valence-corrected chi connectivity index (χ1v) is 9.16. The van der Waals surface area contributed by atoms with Gasteiger partial charge in [0.05, 0.1) is 26.0 Å². The van der Waals surface area contributed by atoms with Crippen molar-refractivity contribution in [1.82, 2.24) is 20.1 Å². The molecule has 3 rings (SSSR count). The summed E-state index contributed by atoms with van der Waals surface area (Å²) in [5.74, 6) is 0.614. The Balaban J connectivity index is 1.70. The number of carbonyl (C=O) groups excluding carboxylic acids is 2. The van der Waals surface area contributed by atoms with Crippen LogP contribution in [0.25, 0.3) is 0 Å². The van der Waals surface area contributed by atoms with Gasteiger partial charge >= 0.3 is 6.03 Å². The lowest BCUT2D eigenvalue weighted by molar-refractivity contribution is -0.139. The average Bonchev–Trinajstić information content (AvgIpc) is 3.11. The Labute approximate surface area is 153 Å². The number of ether oxygens (including phenoxy) is 2. The van der Waals surface area contributed by atoms with Crippen LogP contribution in [0.3, 0.4) is 0 Å². The number of hydrogen-bond donors (Lipinski definition) is 1. The molecule has 0 bridgehead atoms. The number of amides is 3. The van der Waals surface area contributed by atoms with Crippen molar-refractivity contribution >= 4 is 11.9 Å². The molecule has 2 aliphatic heterocycles. The van der Waals surface area contributed by atoms with E-state index in [0.29, 0.717) is 51.6 Å². The molecule has 8 heteroatoms. The molecule has 0 unspecified atom stereocenters. The van der Waals surface area contributed by atoms with Crippen LogP contribution in [0.4, 0.5) is 4.79 Å². The summed E-state index contributed by atoms with van der Waals surface area (Å²) in [7, 11) is 0. The zero-order valence-corrected chi connectivity index (χ0v) is 15.1. The molecule has 0 radical (unpaired) electrons. The molecule has 3 amide bonds. The van der Waals surface area contributed by atoms with Gasteiger partial charge in [-0.1, -0.05) is 6.92 Å². The third-order valence-electron chi connectivity index (χ3n) is 4.59. The number of carbonyl (C=O) groups is 2. The van der Waals surface area contributed by atoms with Gasteiger partial charge in [-0.2, -0.15) is 0 Å². The number of nitrogens with one attached hydrogen (secondary N) is 1. The Morgan fingerprint density at radius 3 is 2.88 bits per heavy atom. The van der Waals surface area contributed by atoms with E-state index < -0.39 is 6.04 Å². The van der Waals surface area contributed by atoms with Crippen molar-refractivity contribution in [2.24, 2.45) is 0 Å². The molecule has 0 aliphatic carbocycles. The highest BCUT2D eigenvalue weighted by Gasteiger charge is 2.42. The lowest BCUT2D eigenvalue weighted by Gasteiger charge is -2.32. The van der Waals surface area contributed by atoms with Gasteiger partial charge in [0.1, 0.15) is 17.9 Å². The fourth-order valence-corrected chi connectivity index (χ4v) is 3.28. The van der Waals surface area contributed by atoms with Gasteiger partial charge in [-0.05, 0) is 18.6 Å². The molecule has 8 nitrogen and oxygen atoms in total. The van der Waals surface area contributed by atoms with E-state index >= 15 is 0 Å². The van der Waals surface area contributed by atoms with Crippen LogP contribution in [0.1, 0.15) is 19.8 Å². The summed E-state index contributed by atoms with van der Waals surface area (Å²) in [5.41, 5.74) is 0. The van der Waals surface area contributed by atoms with Crippen molar-refractivity contribution < 1.29 is 19.1 Å². The van der Waals surface area contributed by atoms with Gasteiger partial charge in [0, 0.05) is 32.3 Å². The normalized spacial score (nSPS) is 23.0. The molecule has 0 saturated carbocycles. The third kappa shape index (κ3) is 4.43. The monoisotopic (exact) mass is 362 g/mol. The van der Waals surface area contributed by atoms with Crippen LogP contribution in [0, 0.1) is 0 Å². The minimum atomic E-state index is -0.508. The van der Waals surface area contributed by atoms with Crippen LogP contribution in [-0.2, 0) is 9.53 Å². The van der Waals surface area contributed by atoms with Crippen molar-refractivity contribution in [3.05, 3.63) is 24.5 Å². The van der Waals surface area contributed by atoms with Crippen molar-refractivity contribution in [3.8, 4) is 5.75 Å². The number of likely N-dealkylation sites (tertiary alicyclic amines) is 1. The topological polar surface area (TPSA) is 84.0 Å². The number of urea groups is 1. The van der Waals surface area contributed by atoms with Crippen LogP contribution < -0.4 is 10.1 Å². The van der Waals surface area contributed by atoms with Crippen molar-refractivity contribution in [2.45, 2.75) is 31.9 Å². The van der Waals surface area contributed by atoms with Crippen LogP contribution >= 0.6 is 0 Å². The minimum absolute atomic E-state index is 0.0303. The average molecular weight is 362 g/mol. The minimum Gasteiger partial charge on any atom is -0.487 e. The zero-order valence-electron chi connectivity index (χ0n) is 15.1. The van der Waals surface area contributed by atoms with Gasteiger partial charge in [0.2, 0.25) is 5.91 Å². The quantitative estimate of drug-likeness (QED) is 0.841. The Morgan fingerprint density at radius 1 is 1.38 bits per heavy atom. The molecule has 2 saturated heterocycles. The molecule has 142 valence electrons. The second-order valence-corrected chi connectivity index (χ2v) is 6.50. The van der Waals surface area contributed by atoms with E-state index in [9.17, 15) is 9.59 Å². The number of pyridine rings is 1. The van der Waals surface area contributed by atoms with Crippen molar-refractivity contribution in [1.29, 1.82) is 0 Å². The second-order valence-electron chi connectivity index (χ2n) is 6.50. The summed E-state index contributed by atoms with van der Waals surface area (Å²) >= 11 is 0. The van der Waals surface area contributed by atoms with Crippen LogP contribution in [0.5, 0.6) is 5.75 Å². The maximum atomic E-state index is 13.0. The molecule has 1 N–H and O–H groups in total. The number of nitrogens with zero attached hydrogens (tertiary/aromatic N) is 3. The highest BCUT2D eigenvalue weighted by Crippen LogP contribution is 2.24. The molecule has 26 heavy (non-hydrogen) atoms. The van der Waals surface area contributed by atoms with Crippen molar-refractivity contribution in [2.75, 3.05) is 39.4 Å². The summed E-state index contributed by atoms with van der Waals surface area (Å²) in [5, 5.41) is 2.87. The molecule has 1 aromatic heterocycles. The first-order chi connectivity index (χ1) is 12.7. The third-order valence-corrected chi connectivity index (χ3v) is 4.59. The smallest absolute Gasteiger partial charge is 0.318 e. The van der Waals surface area contributed by atoms with Gasteiger partial charge < -0.3 is 24.6 Å². The molecule has 2 fully saturated rings. The fraction of sp³-hybridized carbons (Fsp3) is 0.611. The molecule has 2 aliphatic rings. The SMILES string of the molecule is CCCNC(=O)N1C[C@@H](Oc2cccnc2)C[C@H]1C(=O)N1CCOCC1. The van der Waals surface area contributed by atoms with E-state index in [0.717, 1.165) is 6.42 Å². The Kier molecular flexibility index (Phi) is 6.27. The number of rotatable bonds is 5. The summed E-state index contributed by atoms with van der Waals surface area (Å²) in [4.78, 5) is 32.9. The Morgan fingerprint density at radius 2 is 2.19 bits per heavy atom. The first-order valence-electron chi connectivity index (χ1n) is 9.16. The van der Waals surface area contributed by atoms with Gasteiger partial charge in [-0.15, -0.1) is 0 Å². The summed E-state index contributed by atoms with van der Waals surface area (Å²) in [6, 6.07) is 2.90. The van der Waals surface area contributed by atoms with E-state index in [1.54, 1.807) is 28.3 Å². The largest absolute Gasteiger partial charge is 0.487 e. The van der Waals surface area contributed by atoms with Crippen LogP contribution in [0.15, 0.2) is 24.5 Å². The Bertz CT molecular complexity index is 606. The van der Waals surface area contributed by atoms with E-state index in [4.69, 9.17) is 9.47 Å². The highest BCUT2D eigenvalue weighted by atomic mass is 16.5. The van der Waals surface area contributed by atoms with Gasteiger partial charge in [0.15, 0.2) is 0 Å². The standard InChI is InChI=1S/C18H26N4O4/c1-2-5-20-18(24)22-13-15(26-14-4-3-6-19-12-14)11-16(22)17(23)21-7-9-25-10-8-21/h3-4,6,12,15-16H,2,5,7-11,13H2,1H3,(H,20,24)/t15-,16-/m0/s1. The molecule has 1 aromatic rings. The predicted octanol–water partition coefficient (Wildman–Crippen LogP) is 0.882. The highest BCUT2D eigenvalue weighted by molar-refractivity contribution is 5.88. The summed E-state index contributed by atoms with van der Waals surface area (Å²) in [6.45, 7) is 5.16. The van der Waals surface area contributed by atoms with Gasteiger partial charge in [-0.25, -0.2) is 4.79 Å². The maximum Gasteiger partial charge on any atom is 0.318 e. The molecule has 0 aromatic carbocycles. The Hall–Kier alpha value is -2.35.